The minimum absolute atomic E-state index is 0.251. The average Bonchev–Trinajstić information content (AvgIpc) is 2.78. The van der Waals surface area contributed by atoms with Crippen molar-refractivity contribution in [3.05, 3.63) is 41.6 Å². The fraction of sp³-hybridized carbons (Fsp3) is 0.231. The van der Waals surface area contributed by atoms with Crippen molar-refractivity contribution >= 4 is 23.4 Å². The molecule has 0 saturated heterocycles. The second kappa shape index (κ2) is 5.79. The van der Waals surface area contributed by atoms with Crippen LogP contribution in [0.1, 0.15) is 21.9 Å². The lowest BCUT2D eigenvalue weighted by molar-refractivity contribution is 0.0562. The summed E-state index contributed by atoms with van der Waals surface area (Å²) in [6.07, 6.45) is 3.29. The summed E-state index contributed by atoms with van der Waals surface area (Å²) in [6, 6.07) is 3.67. The number of aromatic nitrogens is 1. The van der Waals surface area contributed by atoms with Crippen molar-refractivity contribution in [1.29, 1.82) is 0 Å². The summed E-state index contributed by atoms with van der Waals surface area (Å²) in [5.74, 6) is 1.09. The summed E-state index contributed by atoms with van der Waals surface area (Å²) < 4.78 is 10.1. The van der Waals surface area contributed by atoms with Crippen LogP contribution >= 0.6 is 11.8 Å². The average molecular weight is 278 g/mol. The third kappa shape index (κ3) is 3.08. The lowest BCUT2D eigenvalue weighted by Crippen LogP contribution is -2.00. The van der Waals surface area contributed by atoms with Gasteiger partial charge in [0, 0.05) is 16.7 Å². The summed E-state index contributed by atoms with van der Waals surface area (Å²) in [7, 11) is 1.33. The Morgan fingerprint density at radius 3 is 3.05 bits per heavy atom. The predicted molar refractivity (Wildman–Crippen MR) is 73.0 cm³/mol. The Hall–Kier alpha value is -1.95. The largest absolute Gasteiger partial charge is 0.463 e. The molecule has 0 amide bonds. The van der Waals surface area contributed by atoms with Gasteiger partial charge in [-0.25, -0.2) is 4.79 Å². The first-order valence-electron chi connectivity index (χ1n) is 5.61. The molecule has 2 rings (SSSR count). The molecule has 2 N–H and O–H groups in total. The van der Waals surface area contributed by atoms with Gasteiger partial charge in [0.1, 0.15) is 5.76 Å². The van der Waals surface area contributed by atoms with Gasteiger partial charge in [0.05, 0.1) is 24.7 Å². The Morgan fingerprint density at radius 2 is 2.37 bits per heavy atom. The molecule has 0 radical (unpaired) electrons. The summed E-state index contributed by atoms with van der Waals surface area (Å²) in [4.78, 5) is 16.3. The maximum atomic E-state index is 11.4. The van der Waals surface area contributed by atoms with E-state index in [1.807, 2.05) is 19.1 Å². The van der Waals surface area contributed by atoms with Crippen LogP contribution in [0.4, 0.5) is 5.69 Å². The number of hydrogen-bond acceptors (Lipinski definition) is 6. The number of thioether (sulfide) groups is 1. The van der Waals surface area contributed by atoms with Gasteiger partial charge in [0.25, 0.3) is 0 Å². The van der Waals surface area contributed by atoms with Gasteiger partial charge >= 0.3 is 5.97 Å². The van der Waals surface area contributed by atoms with Crippen LogP contribution in [0.2, 0.25) is 0 Å². The standard InChI is InChI=1S/C13H14N2O3S/c1-8-5-9(18-12(8)13(16)17-2)7-19-11-3-4-15-6-10(11)14/h3-6H,7,14H2,1-2H3. The Balaban J connectivity index is 2.09. The van der Waals surface area contributed by atoms with Gasteiger partial charge in [-0.1, -0.05) is 0 Å². The van der Waals surface area contributed by atoms with Gasteiger partial charge in [0.15, 0.2) is 0 Å². The highest BCUT2D eigenvalue weighted by atomic mass is 32.2. The van der Waals surface area contributed by atoms with Crippen molar-refractivity contribution in [1.82, 2.24) is 4.98 Å². The van der Waals surface area contributed by atoms with E-state index < -0.39 is 5.97 Å². The number of hydrogen-bond donors (Lipinski definition) is 1. The first-order valence-corrected chi connectivity index (χ1v) is 6.60. The third-order valence-corrected chi connectivity index (χ3v) is 3.63. The van der Waals surface area contributed by atoms with E-state index in [9.17, 15) is 4.79 Å². The van der Waals surface area contributed by atoms with E-state index in [4.69, 9.17) is 10.2 Å². The number of nitrogens with zero attached hydrogens (tertiary/aromatic N) is 1. The first kappa shape index (κ1) is 13.5. The van der Waals surface area contributed by atoms with Gasteiger partial charge in [0.2, 0.25) is 5.76 Å². The summed E-state index contributed by atoms with van der Waals surface area (Å²) in [6.45, 7) is 1.81. The fourth-order valence-corrected chi connectivity index (χ4v) is 2.41. The van der Waals surface area contributed by atoms with Crippen molar-refractivity contribution in [3.63, 3.8) is 0 Å². The number of rotatable bonds is 4. The minimum Gasteiger partial charge on any atom is -0.463 e. The number of anilines is 1. The van der Waals surface area contributed by atoms with E-state index in [1.54, 1.807) is 12.4 Å². The second-order valence-electron chi connectivity index (χ2n) is 3.92. The zero-order valence-corrected chi connectivity index (χ0v) is 11.5. The Morgan fingerprint density at radius 1 is 1.58 bits per heavy atom. The first-order chi connectivity index (χ1) is 9.11. The van der Waals surface area contributed by atoms with Crippen LogP contribution in [0, 0.1) is 6.92 Å². The molecule has 0 unspecified atom stereocenters. The number of ether oxygens (including phenoxy) is 1. The summed E-state index contributed by atoms with van der Waals surface area (Å²) in [5.41, 5.74) is 7.20. The second-order valence-corrected chi connectivity index (χ2v) is 4.94. The monoisotopic (exact) mass is 278 g/mol. The third-order valence-electron chi connectivity index (χ3n) is 2.52. The maximum absolute atomic E-state index is 11.4. The number of pyridine rings is 1. The Bertz CT molecular complexity index is 595. The molecular weight excluding hydrogens is 264 g/mol. The molecule has 0 atom stereocenters. The molecule has 0 aromatic carbocycles. The lowest BCUT2D eigenvalue weighted by atomic mass is 10.3. The van der Waals surface area contributed by atoms with Gasteiger partial charge in [-0.3, -0.25) is 4.98 Å². The number of methoxy groups -OCH3 is 1. The highest BCUT2D eigenvalue weighted by Crippen LogP contribution is 2.28. The van der Waals surface area contributed by atoms with Crippen LogP contribution in [0.15, 0.2) is 33.8 Å². The van der Waals surface area contributed by atoms with E-state index in [0.717, 1.165) is 10.5 Å². The van der Waals surface area contributed by atoms with Crippen LogP contribution in [-0.4, -0.2) is 18.1 Å². The zero-order valence-electron chi connectivity index (χ0n) is 10.7. The molecule has 0 aliphatic carbocycles. The van der Waals surface area contributed by atoms with Crippen molar-refractivity contribution in [2.45, 2.75) is 17.6 Å². The molecule has 2 aromatic rings. The van der Waals surface area contributed by atoms with Gasteiger partial charge < -0.3 is 14.9 Å². The van der Waals surface area contributed by atoms with Crippen molar-refractivity contribution in [2.75, 3.05) is 12.8 Å². The molecular formula is C13H14N2O3S. The number of esters is 1. The molecule has 0 aliphatic rings. The van der Waals surface area contributed by atoms with Crippen LogP contribution in [0.3, 0.4) is 0 Å². The SMILES string of the molecule is COC(=O)c1oc(CSc2ccncc2N)cc1C. The lowest BCUT2D eigenvalue weighted by Gasteiger charge is -2.02. The molecule has 2 aromatic heterocycles. The van der Waals surface area contributed by atoms with Gasteiger partial charge in [-0.15, -0.1) is 11.8 Å². The predicted octanol–water partition coefficient (Wildman–Crippen LogP) is 2.64. The number of nitrogens with two attached hydrogens (primary N) is 1. The Labute approximate surface area is 115 Å². The van der Waals surface area contributed by atoms with E-state index in [-0.39, 0.29) is 5.76 Å². The summed E-state index contributed by atoms with van der Waals surface area (Å²) in [5, 5.41) is 0. The van der Waals surface area contributed by atoms with E-state index in [2.05, 4.69) is 9.72 Å². The Kier molecular flexibility index (Phi) is 4.11. The van der Waals surface area contributed by atoms with Crippen LogP contribution in [0.5, 0.6) is 0 Å². The topological polar surface area (TPSA) is 78.3 Å². The molecule has 0 aliphatic heterocycles. The van der Waals surface area contributed by atoms with Gasteiger partial charge in [-0.05, 0) is 19.1 Å². The highest BCUT2D eigenvalue weighted by molar-refractivity contribution is 7.98. The quantitative estimate of drug-likeness (QED) is 0.684. The molecule has 19 heavy (non-hydrogen) atoms. The fourth-order valence-electron chi connectivity index (χ4n) is 1.59. The number of nitrogen functional groups attached to an aromatic ring is 1. The molecule has 0 bridgehead atoms. The van der Waals surface area contributed by atoms with E-state index in [1.165, 1.54) is 18.9 Å². The zero-order chi connectivity index (χ0) is 13.8. The van der Waals surface area contributed by atoms with Crippen LogP contribution in [-0.2, 0) is 10.5 Å². The van der Waals surface area contributed by atoms with Crippen molar-refractivity contribution in [3.8, 4) is 0 Å². The normalized spacial score (nSPS) is 10.4. The summed E-state index contributed by atoms with van der Waals surface area (Å²) >= 11 is 1.53. The maximum Gasteiger partial charge on any atom is 0.374 e. The number of aryl methyl sites for hydroxylation is 1. The van der Waals surface area contributed by atoms with Crippen LogP contribution < -0.4 is 5.73 Å². The minimum atomic E-state index is -0.461. The molecule has 100 valence electrons. The van der Waals surface area contributed by atoms with E-state index in [0.29, 0.717) is 17.2 Å². The number of carbonyl (C=O) groups is 1. The number of furan rings is 1. The molecule has 6 heteroatoms. The highest BCUT2D eigenvalue weighted by Gasteiger charge is 2.16. The van der Waals surface area contributed by atoms with Gasteiger partial charge in [-0.2, -0.15) is 0 Å². The smallest absolute Gasteiger partial charge is 0.374 e. The van der Waals surface area contributed by atoms with Crippen LogP contribution in [0.25, 0.3) is 0 Å². The van der Waals surface area contributed by atoms with Crippen molar-refractivity contribution in [2.24, 2.45) is 0 Å². The van der Waals surface area contributed by atoms with Crippen molar-refractivity contribution < 1.29 is 13.9 Å². The number of carbonyl (C=O) groups excluding carboxylic acids is 1. The molecule has 0 fully saturated rings. The molecule has 0 saturated carbocycles. The molecule has 5 nitrogen and oxygen atoms in total. The molecule has 2 heterocycles. The van der Waals surface area contributed by atoms with E-state index >= 15 is 0 Å². The molecule has 0 spiro atoms.